The second-order valence-electron chi connectivity index (χ2n) is 7.46. The van der Waals surface area contributed by atoms with Gasteiger partial charge in [-0.3, -0.25) is 4.90 Å². The zero-order valence-corrected chi connectivity index (χ0v) is 15.3. The van der Waals surface area contributed by atoms with E-state index in [9.17, 15) is 0 Å². The van der Waals surface area contributed by atoms with Crippen molar-refractivity contribution in [2.24, 2.45) is 0 Å². The van der Waals surface area contributed by atoms with Gasteiger partial charge >= 0.3 is 0 Å². The number of fused-ring (bicyclic) bond motifs is 1. The molecular weight excluding hydrogens is 340 g/mol. The highest BCUT2D eigenvalue weighted by atomic mass is 16.5. The van der Waals surface area contributed by atoms with Gasteiger partial charge in [-0.15, -0.1) is 0 Å². The summed E-state index contributed by atoms with van der Waals surface area (Å²) in [4.78, 5) is 19.4. The summed E-state index contributed by atoms with van der Waals surface area (Å²) in [5, 5.41) is 3.26. The topological polar surface area (TPSA) is 79.0 Å². The van der Waals surface area contributed by atoms with Gasteiger partial charge in [0.1, 0.15) is 5.82 Å². The molecule has 2 aliphatic heterocycles. The zero-order valence-electron chi connectivity index (χ0n) is 15.3. The lowest BCUT2D eigenvalue weighted by Gasteiger charge is -2.38. The van der Waals surface area contributed by atoms with E-state index in [1.165, 1.54) is 0 Å². The summed E-state index contributed by atoms with van der Waals surface area (Å²) < 4.78 is 5.61. The van der Waals surface area contributed by atoms with E-state index in [0.29, 0.717) is 18.0 Å². The van der Waals surface area contributed by atoms with Gasteiger partial charge in [0.05, 0.1) is 17.1 Å². The summed E-state index contributed by atoms with van der Waals surface area (Å²) in [5.74, 6) is 2.25. The predicted molar refractivity (Wildman–Crippen MR) is 104 cm³/mol. The molecule has 0 spiro atoms. The molecular formula is C20H24N6O. The third-order valence-corrected chi connectivity index (χ3v) is 5.37. The molecule has 7 heteroatoms. The van der Waals surface area contributed by atoms with Gasteiger partial charge in [0.2, 0.25) is 5.95 Å². The normalized spacial score (nSPS) is 20.8. The number of para-hydroxylation sites is 2. The quantitative estimate of drug-likeness (QED) is 0.700. The van der Waals surface area contributed by atoms with Crippen molar-refractivity contribution in [1.82, 2.24) is 24.8 Å². The maximum absolute atomic E-state index is 5.61. The van der Waals surface area contributed by atoms with Gasteiger partial charge in [0, 0.05) is 56.7 Å². The summed E-state index contributed by atoms with van der Waals surface area (Å²) in [6.45, 7) is 4.56. The van der Waals surface area contributed by atoms with E-state index in [0.717, 1.165) is 68.0 Å². The van der Waals surface area contributed by atoms with Crippen molar-refractivity contribution in [1.29, 1.82) is 0 Å². The monoisotopic (exact) mass is 364 g/mol. The minimum absolute atomic E-state index is 0.296. The Kier molecular flexibility index (Phi) is 4.47. The molecule has 0 saturated carbocycles. The fourth-order valence-electron chi connectivity index (χ4n) is 3.83. The van der Waals surface area contributed by atoms with Crippen LogP contribution in [0.4, 0.5) is 5.95 Å². The molecule has 4 heterocycles. The van der Waals surface area contributed by atoms with Gasteiger partial charge in [-0.25, -0.2) is 15.0 Å². The molecule has 0 radical (unpaired) electrons. The number of hydrogen-bond donors (Lipinski definition) is 2. The lowest BCUT2D eigenvalue weighted by molar-refractivity contribution is 0.120. The molecule has 0 bridgehead atoms. The van der Waals surface area contributed by atoms with Crippen molar-refractivity contribution in [2.45, 2.75) is 31.4 Å². The van der Waals surface area contributed by atoms with E-state index in [2.05, 4.69) is 37.3 Å². The Morgan fingerprint density at radius 2 is 2.04 bits per heavy atom. The average Bonchev–Trinajstić information content (AvgIpc) is 3.32. The highest BCUT2D eigenvalue weighted by Crippen LogP contribution is 2.27. The van der Waals surface area contributed by atoms with Gasteiger partial charge in [0.25, 0.3) is 0 Å². The van der Waals surface area contributed by atoms with Gasteiger partial charge in [-0.1, -0.05) is 12.1 Å². The maximum Gasteiger partial charge on any atom is 0.222 e. The van der Waals surface area contributed by atoms with Crippen LogP contribution in [0.2, 0.25) is 0 Å². The number of aromatic amines is 1. The van der Waals surface area contributed by atoms with Crippen LogP contribution in [0.25, 0.3) is 11.0 Å². The summed E-state index contributed by atoms with van der Waals surface area (Å²) in [7, 11) is 0. The molecule has 140 valence electrons. The molecule has 2 saturated heterocycles. The van der Waals surface area contributed by atoms with Crippen LogP contribution in [0.1, 0.15) is 30.1 Å². The standard InChI is InChI=1S/C20H24N6O/c1-2-6-18-17(5-1)24-19(25-18)15-12-26(13-15)11-14-8-21-20(22-9-14)23-10-16-4-3-7-27-16/h1-2,5-6,8-9,15-16H,3-4,7,10-13H2,(H,24,25)(H,21,22,23). The molecule has 1 aromatic carbocycles. The highest BCUT2D eigenvalue weighted by molar-refractivity contribution is 5.74. The van der Waals surface area contributed by atoms with Gasteiger partial charge in [0.15, 0.2) is 0 Å². The molecule has 1 unspecified atom stereocenters. The summed E-state index contributed by atoms with van der Waals surface area (Å²) in [6.07, 6.45) is 6.40. The number of rotatable bonds is 6. The van der Waals surface area contributed by atoms with Crippen molar-refractivity contribution in [3.05, 3.63) is 48.0 Å². The third-order valence-electron chi connectivity index (χ3n) is 5.37. The van der Waals surface area contributed by atoms with E-state index in [1.54, 1.807) is 0 Å². The lowest BCUT2D eigenvalue weighted by atomic mass is 9.99. The molecule has 2 fully saturated rings. The van der Waals surface area contributed by atoms with Crippen LogP contribution >= 0.6 is 0 Å². The molecule has 7 nitrogen and oxygen atoms in total. The number of H-pyrrole nitrogens is 1. The highest BCUT2D eigenvalue weighted by Gasteiger charge is 2.30. The third kappa shape index (κ3) is 3.65. The molecule has 0 aliphatic carbocycles. The summed E-state index contributed by atoms with van der Waals surface area (Å²) >= 11 is 0. The van der Waals surface area contributed by atoms with Crippen LogP contribution < -0.4 is 5.32 Å². The number of likely N-dealkylation sites (tertiary alicyclic amines) is 1. The molecule has 27 heavy (non-hydrogen) atoms. The Hall–Kier alpha value is -2.51. The predicted octanol–water partition coefficient (Wildman–Crippen LogP) is 2.54. The zero-order chi connectivity index (χ0) is 18.1. The fraction of sp³-hybridized carbons (Fsp3) is 0.450. The summed E-state index contributed by atoms with van der Waals surface area (Å²) in [5.41, 5.74) is 3.30. The number of hydrogen-bond acceptors (Lipinski definition) is 6. The number of aromatic nitrogens is 4. The first-order valence-corrected chi connectivity index (χ1v) is 9.67. The summed E-state index contributed by atoms with van der Waals surface area (Å²) in [6, 6.07) is 8.20. The van der Waals surface area contributed by atoms with E-state index in [-0.39, 0.29) is 0 Å². The lowest BCUT2D eigenvalue weighted by Crippen LogP contribution is -2.44. The smallest absolute Gasteiger partial charge is 0.222 e. The number of nitrogens with zero attached hydrogens (tertiary/aromatic N) is 4. The van der Waals surface area contributed by atoms with Crippen molar-refractivity contribution >= 4 is 17.0 Å². The second-order valence-corrected chi connectivity index (χ2v) is 7.46. The first-order valence-electron chi connectivity index (χ1n) is 9.67. The van der Waals surface area contributed by atoms with Crippen LogP contribution in [0, 0.1) is 0 Å². The molecule has 2 aliphatic rings. The molecule has 2 N–H and O–H groups in total. The van der Waals surface area contributed by atoms with Crippen LogP contribution in [-0.2, 0) is 11.3 Å². The van der Waals surface area contributed by atoms with Crippen molar-refractivity contribution in [3.63, 3.8) is 0 Å². The molecule has 0 amide bonds. The largest absolute Gasteiger partial charge is 0.376 e. The van der Waals surface area contributed by atoms with Crippen LogP contribution in [0.3, 0.4) is 0 Å². The van der Waals surface area contributed by atoms with E-state index in [1.807, 2.05) is 24.5 Å². The van der Waals surface area contributed by atoms with Gasteiger partial charge in [-0.05, 0) is 25.0 Å². The van der Waals surface area contributed by atoms with Crippen molar-refractivity contribution in [2.75, 3.05) is 31.6 Å². The van der Waals surface area contributed by atoms with Crippen molar-refractivity contribution in [3.8, 4) is 0 Å². The van der Waals surface area contributed by atoms with Crippen molar-refractivity contribution < 1.29 is 4.74 Å². The minimum atomic E-state index is 0.296. The number of nitrogens with one attached hydrogen (secondary N) is 2. The number of ether oxygens (including phenoxy) is 1. The number of imidazole rings is 1. The fourth-order valence-corrected chi connectivity index (χ4v) is 3.83. The Bertz CT molecular complexity index is 863. The maximum atomic E-state index is 5.61. The van der Waals surface area contributed by atoms with Crippen LogP contribution in [0.5, 0.6) is 0 Å². The second kappa shape index (κ2) is 7.25. The first kappa shape index (κ1) is 16.6. The Balaban J connectivity index is 1.12. The van der Waals surface area contributed by atoms with Gasteiger partial charge < -0.3 is 15.0 Å². The average molecular weight is 364 g/mol. The molecule has 3 aromatic rings. The molecule has 2 aromatic heterocycles. The molecule has 5 rings (SSSR count). The number of benzene rings is 1. The first-order chi connectivity index (χ1) is 13.3. The Morgan fingerprint density at radius 1 is 1.19 bits per heavy atom. The van der Waals surface area contributed by atoms with Crippen LogP contribution in [0.15, 0.2) is 36.7 Å². The Morgan fingerprint density at radius 3 is 2.81 bits per heavy atom. The van der Waals surface area contributed by atoms with E-state index in [4.69, 9.17) is 9.72 Å². The van der Waals surface area contributed by atoms with Crippen LogP contribution in [-0.4, -0.2) is 57.2 Å². The molecule has 1 atom stereocenters. The van der Waals surface area contributed by atoms with E-state index >= 15 is 0 Å². The SMILES string of the molecule is c1ccc2[nH]c(C3CN(Cc4cnc(NCC5CCCO5)nc4)C3)nc2c1. The number of anilines is 1. The minimum Gasteiger partial charge on any atom is -0.376 e. The van der Waals surface area contributed by atoms with E-state index < -0.39 is 0 Å². The Labute approximate surface area is 158 Å². The van der Waals surface area contributed by atoms with Gasteiger partial charge in [-0.2, -0.15) is 0 Å².